The van der Waals surface area contributed by atoms with Crippen LogP contribution in [0.5, 0.6) is 0 Å². The lowest BCUT2D eigenvalue weighted by Gasteiger charge is -2.33. The van der Waals surface area contributed by atoms with Gasteiger partial charge in [0.2, 0.25) is 10.0 Å². The van der Waals surface area contributed by atoms with Crippen LogP contribution in [0.4, 0.5) is 0 Å². The van der Waals surface area contributed by atoms with Crippen LogP contribution in [-0.2, 0) is 21.3 Å². The van der Waals surface area contributed by atoms with Gasteiger partial charge in [-0.05, 0) is 45.7 Å². The molecule has 8 heteroatoms. The lowest BCUT2D eigenvalue weighted by Crippen LogP contribution is -2.40. The Hall–Kier alpha value is -0.960. The molecule has 1 fully saturated rings. The Labute approximate surface area is 145 Å². The van der Waals surface area contributed by atoms with Crippen molar-refractivity contribution in [2.75, 3.05) is 46.9 Å². The molecule has 1 aromatic heterocycles. The molecule has 0 spiro atoms. The fraction of sp³-hybridized carbons (Fsp3) is 0.812. The first-order valence-electron chi connectivity index (χ1n) is 8.60. The van der Waals surface area contributed by atoms with E-state index in [1.54, 1.807) is 18.8 Å². The normalized spacial score (nSPS) is 17.7. The molecule has 1 aliphatic rings. The van der Waals surface area contributed by atoms with Crippen molar-refractivity contribution in [2.45, 2.75) is 38.1 Å². The highest BCUT2D eigenvalue weighted by molar-refractivity contribution is 7.89. The van der Waals surface area contributed by atoms with Crippen LogP contribution >= 0.6 is 0 Å². The first-order chi connectivity index (χ1) is 11.4. The molecule has 0 aliphatic carbocycles. The number of likely N-dealkylation sites (tertiary alicyclic amines) is 1. The van der Waals surface area contributed by atoms with E-state index >= 15 is 0 Å². The summed E-state index contributed by atoms with van der Waals surface area (Å²) in [6.07, 6.45) is 3.52. The standard InChI is InChI=1S/C16H30N4O3S/c1-5-20-14(2)16(12-17-20)24(21,22)18(3)13-15-6-8-19(9-7-15)10-11-23-4/h12,15H,5-11,13H2,1-4H3. The number of aryl methyl sites for hydroxylation is 1. The van der Waals surface area contributed by atoms with E-state index in [4.69, 9.17) is 4.74 Å². The van der Waals surface area contributed by atoms with Crippen molar-refractivity contribution in [3.05, 3.63) is 11.9 Å². The number of aromatic nitrogens is 2. The Morgan fingerprint density at radius 3 is 2.58 bits per heavy atom. The number of sulfonamides is 1. The lowest BCUT2D eigenvalue weighted by atomic mass is 9.97. The van der Waals surface area contributed by atoms with E-state index in [2.05, 4.69) is 10.00 Å². The molecule has 0 aromatic carbocycles. The summed E-state index contributed by atoms with van der Waals surface area (Å²) in [5.41, 5.74) is 0.707. The highest BCUT2D eigenvalue weighted by atomic mass is 32.2. The predicted molar refractivity (Wildman–Crippen MR) is 93.5 cm³/mol. The van der Waals surface area contributed by atoms with Gasteiger partial charge in [0, 0.05) is 33.8 Å². The average Bonchev–Trinajstić information content (AvgIpc) is 2.95. The third-order valence-corrected chi connectivity index (χ3v) is 6.81. The maximum Gasteiger partial charge on any atom is 0.246 e. The fourth-order valence-corrected chi connectivity index (χ4v) is 4.65. The number of piperidine rings is 1. The van der Waals surface area contributed by atoms with Crippen LogP contribution in [0.3, 0.4) is 0 Å². The van der Waals surface area contributed by atoms with Crippen molar-refractivity contribution in [2.24, 2.45) is 5.92 Å². The first kappa shape index (κ1) is 19.4. The molecule has 2 rings (SSSR count). The molecule has 1 aromatic rings. The van der Waals surface area contributed by atoms with Gasteiger partial charge >= 0.3 is 0 Å². The average molecular weight is 359 g/mol. The third kappa shape index (κ3) is 4.36. The maximum atomic E-state index is 12.8. The van der Waals surface area contributed by atoms with E-state index in [-0.39, 0.29) is 0 Å². The second-order valence-electron chi connectivity index (χ2n) is 6.47. The summed E-state index contributed by atoms with van der Waals surface area (Å²) in [5.74, 6) is 0.407. The molecule has 0 N–H and O–H groups in total. The summed E-state index contributed by atoms with van der Waals surface area (Å²) in [6.45, 7) is 8.72. The quantitative estimate of drug-likeness (QED) is 0.698. The number of hydrogen-bond donors (Lipinski definition) is 0. The minimum Gasteiger partial charge on any atom is -0.383 e. The molecule has 138 valence electrons. The zero-order chi connectivity index (χ0) is 17.7. The van der Waals surface area contributed by atoms with Crippen LogP contribution in [0.1, 0.15) is 25.5 Å². The van der Waals surface area contributed by atoms with Crippen LogP contribution in [-0.4, -0.2) is 74.3 Å². The van der Waals surface area contributed by atoms with Crippen molar-refractivity contribution in [1.82, 2.24) is 19.0 Å². The zero-order valence-electron chi connectivity index (χ0n) is 15.2. The molecule has 2 heterocycles. The molecule has 0 unspecified atom stereocenters. The molecule has 0 atom stereocenters. The Kier molecular flexibility index (Phi) is 6.79. The second kappa shape index (κ2) is 8.42. The molecular weight excluding hydrogens is 328 g/mol. The highest BCUT2D eigenvalue weighted by Crippen LogP contribution is 2.23. The molecule has 1 aliphatic heterocycles. The van der Waals surface area contributed by atoms with Gasteiger partial charge in [0.05, 0.1) is 18.5 Å². The van der Waals surface area contributed by atoms with Gasteiger partial charge in [-0.2, -0.15) is 5.10 Å². The van der Waals surface area contributed by atoms with Gasteiger partial charge in [0.15, 0.2) is 0 Å². The number of rotatable bonds is 8. The lowest BCUT2D eigenvalue weighted by molar-refractivity contribution is 0.116. The van der Waals surface area contributed by atoms with Gasteiger partial charge in [-0.25, -0.2) is 12.7 Å². The van der Waals surface area contributed by atoms with E-state index in [1.165, 1.54) is 10.5 Å². The smallest absolute Gasteiger partial charge is 0.246 e. The molecule has 1 saturated heterocycles. The predicted octanol–water partition coefficient (Wildman–Crippen LogP) is 1.19. The summed E-state index contributed by atoms with van der Waals surface area (Å²) >= 11 is 0. The van der Waals surface area contributed by atoms with Crippen molar-refractivity contribution in [3.8, 4) is 0 Å². The minimum absolute atomic E-state index is 0.324. The Morgan fingerprint density at radius 1 is 1.38 bits per heavy atom. The molecule has 24 heavy (non-hydrogen) atoms. The zero-order valence-corrected chi connectivity index (χ0v) is 16.0. The summed E-state index contributed by atoms with van der Waals surface area (Å²) < 4.78 is 33.9. The van der Waals surface area contributed by atoms with Gasteiger partial charge < -0.3 is 9.64 Å². The Bertz CT molecular complexity index is 621. The molecule has 7 nitrogen and oxygen atoms in total. The highest BCUT2D eigenvalue weighted by Gasteiger charge is 2.29. The monoisotopic (exact) mass is 358 g/mol. The summed E-state index contributed by atoms with van der Waals surface area (Å²) in [5, 5.41) is 4.16. The minimum atomic E-state index is -3.47. The number of methoxy groups -OCH3 is 1. The largest absolute Gasteiger partial charge is 0.383 e. The van der Waals surface area contributed by atoms with Gasteiger partial charge in [-0.1, -0.05) is 0 Å². The molecule has 0 radical (unpaired) electrons. The van der Waals surface area contributed by atoms with Gasteiger partial charge in [0.25, 0.3) is 0 Å². The summed E-state index contributed by atoms with van der Waals surface area (Å²) in [6, 6.07) is 0. The molecule has 0 bridgehead atoms. The fourth-order valence-electron chi connectivity index (χ4n) is 3.24. The SMILES string of the molecule is CCn1ncc(S(=O)(=O)N(C)CC2CCN(CCOC)CC2)c1C. The number of nitrogens with zero attached hydrogens (tertiary/aromatic N) is 4. The van der Waals surface area contributed by atoms with E-state index in [9.17, 15) is 8.42 Å². The second-order valence-corrected chi connectivity index (χ2v) is 8.49. The van der Waals surface area contributed by atoms with Crippen LogP contribution < -0.4 is 0 Å². The first-order valence-corrected chi connectivity index (χ1v) is 10.0. The third-order valence-electron chi connectivity index (χ3n) is 4.88. The number of ether oxygens (including phenoxy) is 1. The van der Waals surface area contributed by atoms with Crippen molar-refractivity contribution >= 4 is 10.0 Å². The van der Waals surface area contributed by atoms with E-state index < -0.39 is 10.0 Å². The van der Waals surface area contributed by atoms with Gasteiger partial charge in [0.1, 0.15) is 4.90 Å². The Morgan fingerprint density at radius 2 is 2.04 bits per heavy atom. The van der Waals surface area contributed by atoms with E-state index in [1.807, 2.05) is 13.8 Å². The molecule has 0 saturated carbocycles. The van der Waals surface area contributed by atoms with Gasteiger partial charge in [-0.3, -0.25) is 4.68 Å². The van der Waals surface area contributed by atoms with E-state index in [0.717, 1.165) is 39.1 Å². The Balaban J connectivity index is 1.94. The topological polar surface area (TPSA) is 67.7 Å². The van der Waals surface area contributed by atoms with Crippen LogP contribution in [0.2, 0.25) is 0 Å². The van der Waals surface area contributed by atoms with E-state index in [0.29, 0.717) is 29.6 Å². The number of hydrogen-bond acceptors (Lipinski definition) is 5. The van der Waals surface area contributed by atoms with Crippen molar-refractivity contribution in [3.63, 3.8) is 0 Å². The van der Waals surface area contributed by atoms with Gasteiger partial charge in [-0.15, -0.1) is 0 Å². The molecule has 0 amide bonds. The van der Waals surface area contributed by atoms with Crippen LogP contribution in [0.25, 0.3) is 0 Å². The maximum absolute atomic E-state index is 12.8. The summed E-state index contributed by atoms with van der Waals surface area (Å²) in [7, 11) is -0.0762. The van der Waals surface area contributed by atoms with Crippen molar-refractivity contribution in [1.29, 1.82) is 0 Å². The van der Waals surface area contributed by atoms with Crippen LogP contribution in [0.15, 0.2) is 11.1 Å². The molecular formula is C16H30N4O3S. The summed E-state index contributed by atoms with van der Waals surface area (Å²) in [4.78, 5) is 2.70. The van der Waals surface area contributed by atoms with Crippen molar-refractivity contribution < 1.29 is 13.2 Å². The van der Waals surface area contributed by atoms with Crippen LogP contribution in [0, 0.1) is 12.8 Å².